The molecular formula is C12H12O3. The molecule has 0 heterocycles. The van der Waals surface area contributed by atoms with E-state index >= 15 is 0 Å². The van der Waals surface area contributed by atoms with Gasteiger partial charge in [0.1, 0.15) is 5.75 Å². The second-order valence-corrected chi connectivity index (χ2v) is 3.91. The Kier molecular flexibility index (Phi) is 2.31. The van der Waals surface area contributed by atoms with E-state index in [-0.39, 0.29) is 24.1 Å². The minimum absolute atomic E-state index is 0.0934. The Morgan fingerprint density at radius 3 is 2.67 bits per heavy atom. The predicted octanol–water partition coefficient (Wildman–Crippen LogP) is 1.78. The van der Waals surface area contributed by atoms with Crippen molar-refractivity contribution < 1.29 is 14.3 Å². The molecule has 1 aromatic carbocycles. The highest BCUT2D eigenvalue weighted by molar-refractivity contribution is 6.47. The third kappa shape index (κ3) is 1.77. The molecule has 0 radical (unpaired) electrons. The van der Waals surface area contributed by atoms with Crippen molar-refractivity contribution in [2.75, 3.05) is 0 Å². The highest BCUT2D eigenvalue weighted by Gasteiger charge is 2.28. The van der Waals surface area contributed by atoms with Crippen molar-refractivity contribution in [1.82, 2.24) is 0 Å². The van der Waals surface area contributed by atoms with Crippen molar-refractivity contribution in [3.05, 3.63) is 29.3 Å². The van der Waals surface area contributed by atoms with E-state index in [1.165, 1.54) is 0 Å². The lowest BCUT2D eigenvalue weighted by Crippen LogP contribution is -2.06. The lowest BCUT2D eigenvalue weighted by atomic mass is 10.1. The second kappa shape index (κ2) is 3.50. The van der Waals surface area contributed by atoms with Crippen LogP contribution < -0.4 is 4.74 Å². The second-order valence-electron chi connectivity index (χ2n) is 3.91. The molecule has 3 heteroatoms. The van der Waals surface area contributed by atoms with Gasteiger partial charge >= 0.3 is 0 Å². The van der Waals surface area contributed by atoms with Crippen LogP contribution in [0.3, 0.4) is 0 Å². The van der Waals surface area contributed by atoms with E-state index in [1.54, 1.807) is 18.2 Å². The van der Waals surface area contributed by atoms with Crippen molar-refractivity contribution >= 4 is 11.6 Å². The van der Waals surface area contributed by atoms with Gasteiger partial charge in [0, 0.05) is 12.0 Å². The fourth-order valence-corrected chi connectivity index (χ4v) is 1.69. The van der Waals surface area contributed by atoms with Gasteiger partial charge in [-0.25, -0.2) is 0 Å². The SMILES string of the molecule is CC(C)Oc1ccc2c(c1)CC(=O)C2=O. The fraction of sp³-hybridized carbons (Fsp3) is 0.333. The standard InChI is InChI=1S/C12H12O3/c1-7(2)15-9-3-4-10-8(5-9)6-11(13)12(10)14/h3-5,7H,6H2,1-2H3. The van der Waals surface area contributed by atoms with Gasteiger partial charge in [-0.15, -0.1) is 0 Å². The van der Waals surface area contributed by atoms with Gasteiger partial charge in [-0.05, 0) is 37.6 Å². The number of hydrogen-bond donors (Lipinski definition) is 0. The van der Waals surface area contributed by atoms with Crippen LogP contribution in [-0.4, -0.2) is 17.7 Å². The monoisotopic (exact) mass is 204 g/mol. The Labute approximate surface area is 88.1 Å². The maximum Gasteiger partial charge on any atom is 0.229 e. The molecule has 0 bridgehead atoms. The van der Waals surface area contributed by atoms with Gasteiger partial charge in [-0.2, -0.15) is 0 Å². The zero-order valence-corrected chi connectivity index (χ0v) is 8.74. The van der Waals surface area contributed by atoms with Crippen LogP contribution in [0.2, 0.25) is 0 Å². The molecule has 0 unspecified atom stereocenters. The molecule has 3 nitrogen and oxygen atoms in total. The fourth-order valence-electron chi connectivity index (χ4n) is 1.69. The molecule has 0 amide bonds. The summed E-state index contributed by atoms with van der Waals surface area (Å²) in [5.74, 6) is 0.0130. The molecular weight excluding hydrogens is 192 g/mol. The Morgan fingerprint density at radius 1 is 1.27 bits per heavy atom. The number of carbonyl (C=O) groups excluding carboxylic acids is 2. The lowest BCUT2D eigenvalue weighted by molar-refractivity contribution is -0.114. The average molecular weight is 204 g/mol. The van der Waals surface area contributed by atoms with E-state index < -0.39 is 0 Å². The number of Topliss-reactive ketones (excluding diaryl/α,β-unsaturated/α-hetero) is 2. The number of fused-ring (bicyclic) bond motifs is 1. The molecule has 0 fully saturated rings. The maximum atomic E-state index is 11.3. The van der Waals surface area contributed by atoms with Crippen LogP contribution in [0.4, 0.5) is 0 Å². The first-order valence-electron chi connectivity index (χ1n) is 4.95. The molecule has 0 saturated heterocycles. The summed E-state index contributed by atoms with van der Waals surface area (Å²) in [6.07, 6.45) is 0.305. The lowest BCUT2D eigenvalue weighted by Gasteiger charge is -2.10. The molecule has 0 atom stereocenters. The first-order chi connectivity index (χ1) is 7.08. The van der Waals surface area contributed by atoms with Crippen LogP contribution in [0.1, 0.15) is 29.8 Å². The molecule has 1 aliphatic rings. The summed E-state index contributed by atoms with van der Waals surface area (Å²) in [5.41, 5.74) is 1.30. The number of hydrogen-bond acceptors (Lipinski definition) is 3. The van der Waals surface area contributed by atoms with Gasteiger partial charge < -0.3 is 4.74 Å². The Bertz CT molecular complexity index is 432. The molecule has 0 aromatic heterocycles. The van der Waals surface area contributed by atoms with Crippen LogP contribution in [-0.2, 0) is 11.2 Å². The Balaban J connectivity index is 2.33. The molecule has 78 valence electrons. The van der Waals surface area contributed by atoms with Gasteiger partial charge in [-0.3, -0.25) is 9.59 Å². The highest BCUT2D eigenvalue weighted by Crippen LogP contribution is 2.24. The number of carbonyl (C=O) groups is 2. The predicted molar refractivity (Wildman–Crippen MR) is 55.2 cm³/mol. The normalized spacial score (nSPS) is 14.6. The number of ether oxygens (including phenoxy) is 1. The molecule has 2 rings (SSSR count). The smallest absolute Gasteiger partial charge is 0.229 e. The van der Waals surface area contributed by atoms with E-state index in [2.05, 4.69) is 0 Å². The maximum absolute atomic E-state index is 11.3. The number of benzene rings is 1. The van der Waals surface area contributed by atoms with Gasteiger partial charge in [0.2, 0.25) is 11.6 Å². The highest BCUT2D eigenvalue weighted by atomic mass is 16.5. The molecule has 1 aliphatic carbocycles. The van der Waals surface area contributed by atoms with E-state index in [1.807, 2.05) is 13.8 Å². The summed E-state index contributed by atoms with van der Waals surface area (Å²) >= 11 is 0. The zero-order valence-electron chi connectivity index (χ0n) is 8.74. The summed E-state index contributed by atoms with van der Waals surface area (Å²) < 4.78 is 5.49. The van der Waals surface area contributed by atoms with Crippen LogP contribution in [0.5, 0.6) is 5.75 Å². The van der Waals surface area contributed by atoms with Crippen molar-refractivity contribution in [3.63, 3.8) is 0 Å². The van der Waals surface area contributed by atoms with Crippen LogP contribution >= 0.6 is 0 Å². The summed E-state index contributed by atoms with van der Waals surface area (Å²) in [6.45, 7) is 3.87. The van der Waals surface area contributed by atoms with E-state index in [9.17, 15) is 9.59 Å². The van der Waals surface area contributed by atoms with Crippen LogP contribution in [0, 0.1) is 0 Å². The van der Waals surface area contributed by atoms with Gasteiger partial charge in [0.05, 0.1) is 6.10 Å². The summed E-state index contributed by atoms with van der Waals surface area (Å²) in [7, 11) is 0. The van der Waals surface area contributed by atoms with Crippen molar-refractivity contribution in [2.24, 2.45) is 0 Å². The first kappa shape index (κ1) is 9.90. The molecule has 0 saturated carbocycles. The van der Waals surface area contributed by atoms with Gasteiger partial charge in [-0.1, -0.05) is 0 Å². The van der Waals surface area contributed by atoms with Crippen molar-refractivity contribution in [1.29, 1.82) is 0 Å². The average Bonchev–Trinajstić information content (AvgIpc) is 2.41. The third-order valence-electron chi connectivity index (χ3n) is 2.30. The van der Waals surface area contributed by atoms with Crippen LogP contribution in [0.15, 0.2) is 18.2 Å². The Morgan fingerprint density at radius 2 is 2.00 bits per heavy atom. The quantitative estimate of drug-likeness (QED) is 0.690. The molecule has 0 N–H and O–H groups in total. The summed E-state index contributed by atoms with van der Waals surface area (Å²) in [5, 5.41) is 0. The zero-order chi connectivity index (χ0) is 11.0. The topological polar surface area (TPSA) is 43.4 Å². The number of rotatable bonds is 2. The molecule has 15 heavy (non-hydrogen) atoms. The minimum atomic E-state index is -0.374. The van der Waals surface area contributed by atoms with Crippen molar-refractivity contribution in [3.8, 4) is 5.75 Å². The molecule has 0 spiro atoms. The summed E-state index contributed by atoms with van der Waals surface area (Å²) in [4.78, 5) is 22.5. The van der Waals surface area contributed by atoms with E-state index in [4.69, 9.17) is 4.74 Å². The summed E-state index contributed by atoms with van der Waals surface area (Å²) in [6, 6.07) is 5.17. The minimum Gasteiger partial charge on any atom is -0.491 e. The van der Waals surface area contributed by atoms with Crippen molar-refractivity contribution in [2.45, 2.75) is 26.4 Å². The van der Waals surface area contributed by atoms with E-state index in [0.29, 0.717) is 11.3 Å². The first-order valence-corrected chi connectivity index (χ1v) is 4.95. The molecule has 1 aromatic rings. The third-order valence-corrected chi connectivity index (χ3v) is 2.30. The largest absolute Gasteiger partial charge is 0.491 e. The van der Waals surface area contributed by atoms with Crippen LogP contribution in [0.25, 0.3) is 0 Å². The van der Waals surface area contributed by atoms with E-state index in [0.717, 1.165) is 5.56 Å². The van der Waals surface area contributed by atoms with Gasteiger partial charge in [0.25, 0.3) is 0 Å². The number of ketones is 2. The van der Waals surface area contributed by atoms with Gasteiger partial charge in [0.15, 0.2) is 0 Å². The Hall–Kier alpha value is -1.64. The molecule has 0 aliphatic heterocycles.